The molecule has 0 radical (unpaired) electrons. The number of methoxy groups -OCH3 is 2. The monoisotopic (exact) mass is 441 g/mol. The molecule has 0 unspecified atom stereocenters. The van der Waals surface area contributed by atoms with Gasteiger partial charge in [-0.3, -0.25) is 19.3 Å². The number of ether oxygens (including phenoxy) is 3. The summed E-state index contributed by atoms with van der Waals surface area (Å²) >= 11 is 0.678. The molecule has 1 fully saturated rings. The number of para-hydroxylation sites is 1. The quantitative estimate of drug-likeness (QED) is 0.382. The maximum atomic E-state index is 12.6. The number of aryl methyl sites for hydroxylation is 1. The number of hydrogen-bond donors (Lipinski definition) is 0. The molecule has 0 spiro atoms. The lowest BCUT2D eigenvalue weighted by Gasteiger charge is -2.13. The molecule has 0 atom stereocenters. The van der Waals surface area contributed by atoms with E-state index in [1.54, 1.807) is 42.5 Å². The highest BCUT2D eigenvalue weighted by Gasteiger charge is 2.36. The van der Waals surface area contributed by atoms with Crippen LogP contribution in [-0.2, 0) is 14.3 Å². The lowest BCUT2D eigenvalue weighted by molar-refractivity contribution is -0.143. The third-order valence-electron chi connectivity index (χ3n) is 4.39. The summed E-state index contributed by atoms with van der Waals surface area (Å²) in [6.45, 7) is 1.42. The third-order valence-corrected chi connectivity index (χ3v) is 5.29. The normalized spacial score (nSPS) is 14.7. The summed E-state index contributed by atoms with van der Waals surface area (Å²) in [6, 6.07) is 11.8. The first-order valence-electron chi connectivity index (χ1n) is 9.12. The van der Waals surface area contributed by atoms with Gasteiger partial charge in [-0.2, -0.15) is 0 Å². The van der Waals surface area contributed by atoms with Crippen molar-refractivity contribution < 1.29 is 33.4 Å². The van der Waals surface area contributed by atoms with Gasteiger partial charge in [0.15, 0.2) is 11.5 Å². The Kier molecular flexibility index (Phi) is 6.76. The van der Waals surface area contributed by atoms with E-state index in [0.29, 0.717) is 22.9 Å². The van der Waals surface area contributed by atoms with Crippen molar-refractivity contribution in [2.75, 3.05) is 20.8 Å². The molecular weight excluding hydrogens is 422 g/mol. The Hall–Kier alpha value is -3.59. The van der Waals surface area contributed by atoms with Gasteiger partial charge in [-0.1, -0.05) is 29.8 Å². The van der Waals surface area contributed by atoms with Gasteiger partial charge in [-0.25, -0.2) is 4.79 Å². The first kappa shape index (κ1) is 22.1. The van der Waals surface area contributed by atoms with Crippen molar-refractivity contribution in [2.45, 2.75) is 6.92 Å². The maximum absolute atomic E-state index is 12.6. The van der Waals surface area contributed by atoms with Crippen molar-refractivity contribution in [1.82, 2.24) is 4.90 Å². The molecule has 1 heterocycles. The molecular formula is C22H19NO7S. The van der Waals surface area contributed by atoms with Crippen LogP contribution >= 0.6 is 11.8 Å². The largest absolute Gasteiger partial charge is 0.493 e. The number of rotatable bonds is 6. The second-order valence-electron chi connectivity index (χ2n) is 6.48. The number of hydrogen-bond acceptors (Lipinski definition) is 8. The van der Waals surface area contributed by atoms with Gasteiger partial charge in [-0.05, 0) is 43.0 Å². The van der Waals surface area contributed by atoms with Crippen molar-refractivity contribution in [2.24, 2.45) is 0 Å². The molecule has 1 aliphatic rings. The number of carbonyl (C=O) groups excluding carboxylic acids is 4. The van der Waals surface area contributed by atoms with Crippen LogP contribution in [0.1, 0.15) is 21.5 Å². The van der Waals surface area contributed by atoms with E-state index >= 15 is 0 Å². The second kappa shape index (κ2) is 9.48. The molecule has 1 saturated heterocycles. The summed E-state index contributed by atoms with van der Waals surface area (Å²) in [5.41, 5.74) is 1.71. The lowest BCUT2D eigenvalue weighted by atomic mass is 10.1. The molecule has 1 aliphatic heterocycles. The Bertz CT molecular complexity index is 1080. The zero-order valence-electron chi connectivity index (χ0n) is 17.0. The Morgan fingerprint density at radius 3 is 2.42 bits per heavy atom. The Labute approximate surface area is 182 Å². The minimum atomic E-state index is -0.711. The van der Waals surface area contributed by atoms with E-state index in [2.05, 4.69) is 4.74 Å². The summed E-state index contributed by atoms with van der Waals surface area (Å²) in [6.07, 6.45) is 1.42. The predicted octanol–water partition coefficient (Wildman–Crippen LogP) is 3.43. The number of imide groups is 1. The predicted molar refractivity (Wildman–Crippen MR) is 114 cm³/mol. The summed E-state index contributed by atoms with van der Waals surface area (Å²) < 4.78 is 15.4. The molecule has 2 amide bonds. The van der Waals surface area contributed by atoms with Crippen molar-refractivity contribution in [1.29, 1.82) is 0 Å². The number of thioether (sulfide) groups is 1. The van der Waals surface area contributed by atoms with E-state index in [4.69, 9.17) is 9.47 Å². The van der Waals surface area contributed by atoms with Gasteiger partial charge in [0, 0.05) is 5.56 Å². The van der Waals surface area contributed by atoms with Gasteiger partial charge in [0.05, 0.1) is 24.7 Å². The van der Waals surface area contributed by atoms with Gasteiger partial charge in [0.1, 0.15) is 6.54 Å². The summed E-state index contributed by atoms with van der Waals surface area (Å²) in [5, 5.41) is -0.595. The minimum Gasteiger partial charge on any atom is -0.493 e. The van der Waals surface area contributed by atoms with Gasteiger partial charge >= 0.3 is 11.9 Å². The van der Waals surface area contributed by atoms with Crippen LogP contribution < -0.4 is 9.47 Å². The first-order valence-corrected chi connectivity index (χ1v) is 9.93. The summed E-state index contributed by atoms with van der Waals surface area (Å²) in [4.78, 5) is 49.7. The maximum Gasteiger partial charge on any atom is 0.343 e. The number of carbonyl (C=O) groups is 4. The number of esters is 2. The van der Waals surface area contributed by atoms with E-state index < -0.39 is 29.6 Å². The van der Waals surface area contributed by atoms with Crippen molar-refractivity contribution in [3.63, 3.8) is 0 Å². The van der Waals surface area contributed by atoms with Crippen LogP contribution in [-0.4, -0.2) is 48.7 Å². The zero-order chi connectivity index (χ0) is 22.5. The SMILES string of the molecule is COC(=O)CN1C(=O)S/C(=C\c2cccc(OC)c2OC(=O)c2ccc(C)cc2)C1=O. The van der Waals surface area contributed by atoms with Crippen molar-refractivity contribution >= 4 is 40.9 Å². The van der Waals surface area contributed by atoms with E-state index in [-0.39, 0.29) is 16.4 Å². The first-order chi connectivity index (χ1) is 14.8. The van der Waals surface area contributed by atoms with Crippen LogP contribution in [0.15, 0.2) is 47.4 Å². The third kappa shape index (κ3) is 4.95. The molecule has 9 heteroatoms. The highest BCUT2D eigenvalue weighted by Crippen LogP contribution is 2.37. The molecule has 8 nitrogen and oxygen atoms in total. The van der Waals surface area contributed by atoms with Crippen molar-refractivity contribution in [3.8, 4) is 11.5 Å². The van der Waals surface area contributed by atoms with E-state index in [0.717, 1.165) is 10.5 Å². The zero-order valence-corrected chi connectivity index (χ0v) is 17.9. The molecule has 2 aromatic carbocycles. The van der Waals surface area contributed by atoms with Crippen LogP contribution in [0, 0.1) is 6.92 Å². The summed E-state index contributed by atoms with van der Waals surface area (Å²) in [5.74, 6) is -1.56. The fourth-order valence-corrected chi connectivity index (χ4v) is 3.56. The van der Waals surface area contributed by atoms with Crippen LogP contribution in [0.2, 0.25) is 0 Å². The van der Waals surface area contributed by atoms with Gasteiger partial charge in [0.25, 0.3) is 11.1 Å². The highest BCUT2D eigenvalue weighted by molar-refractivity contribution is 8.18. The van der Waals surface area contributed by atoms with Gasteiger partial charge in [-0.15, -0.1) is 0 Å². The molecule has 0 bridgehead atoms. The number of nitrogens with zero attached hydrogens (tertiary/aromatic N) is 1. The Morgan fingerprint density at radius 2 is 1.77 bits per heavy atom. The Morgan fingerprint density at radius 1 is 1.06 bits per heavy atom. The molecule has 0 N–H and O–H groups in total. The fraction of sp³-hybridized carbons (Fsp3) is 0.182. The standard InChI is InChI=1S/C22H19NO7S/c1-13-7-9-14(10-8-13)21(26)30-19-15(5-4-6-16(19)28-2)11-17-20(25)23(22(27)31-17)12-18(24)29-3/h4-11H,12H2,1-3H3/b17-11-. The van der Waals surface area contributed by atoms with Gasteiger partial charge < -0.3 is 14.2 Å². The fourth-order valence-electron chi connectivity index (χ4n) is 2.73. The van der Waals surface area contributed by atoms with E-state index in [1.165, 1.54) is 20.3 Å². The molecule has 160 valence electrons. The van der Waals surface area contributed by atoms with Crippen LogP contribution in [0.3, 0.4) is 0 Å². The molecule has 0 aromatic heterocycles. The molecule has 3 rings (SSSR count). The molecule has 31 heavy (non-hydrogen) atoms. The van der Waals surface area contributed by atoms with Crippen LogP contribution in [0.4, 0.5) is 4.79 Å². The highest BCUT2D eigenvalue weighted by atomic mass is 32.2. The molecule has 0 aliphatic carbocycles. The molecule has 2 aromatic rings. The van der Waals surface area contributed by atoms with Gasteiger partial charge in [0.2, 0.25) is 0 Å². The second-order valence-corrected chi connectivity index (χ2v) is 7.47. The minimum absolute atomic E-state index is 0.0785. The Balaban J connectivity index is 1.92. The van der Waals surface area contributed by atoms with E-state index in [1.807, 2.05) is 6.92 Å². The average Bonchev–Trinajstić information content (AvgIpc) is 3.02. The summed E-state index contributed by atoms with van der Waals surface area (Å²) in [7, 11) is 2.59. The van der Waals surface area contributed by atoms with Crippen molar-refractivity contribution in [3.05, 3.63) is 64.1 Å². The lowest BCUT2D eigenvalue weighted by Crippen LogP contribution is -2.34. The van der Waals surface area contributed by atoms with Crippen LogP contribution in [0.5, 0.6) is 11.5 Å². The number of benzene rings is 2. The topological polar surface area (TPSA) is 99.2 Å². The number of amides is 2. The smallest absolute Gasteiger partial charge is 0.343 e. The molecule has 0 saturated carbocycles. The van der Waals surface area contributed by atoms with Crippen LogP contribution in [0.25, 0.3) is 6.08 Å². The average molecular weight is 441 g/mol. The van der Waals surface area contributed by atoms with E-state index in [9.17, 15) is 19.2 Å².